The van der Waals surface area contributed by atoms with Crippen LogP contribution in [0.25, 0.3) is 0 Å². The lowest BCUT2D eigenvalue weighted by Crippen LogP contribution is -2.47. The maximum Gasteiger partial charge on any atom is 0.244 e. The molecule has 2 aromatic rings. The number of likely N-dealkylation sites (N-methyl/N-ethyl adjacent to an activating group) is 1. The third-order valence-corrected chi connectivity index (χ3v) is 8.40. The fourth-order valence-electron chi connectivity index (χ4n) is 3.29. The summed E-state index contributed by atoms with van der Waals surface area (Å²) in [6, 6.07) is 13.1. The van der Waals surface area contributed by atoms with Crippen LogP contribution in [0.15, 0.2) is 58.6 Å². The number of amides is 1. The molecular formula is C21H26N4O3S2. The number of hydrogen-bond acceptors (Lipinski definition) is 6. The summed E-state index contributed by atoms with van der Waals surface area (Å²) in [5.74, 6) is -0.0374. The van der Waals surface area contributed by atoms with E-state index in [2.05, 4.69) is 15.2 Å². The second-order valence-corrected chi connectivity index (χ2v) is 10.8. The Kier molecular flexibility index (Phi) is 6.43. The summed E-state index contributed by atoms with van der Waals surface area (Å²) in [4.78, 5) is 19.5. The molecule has 1 amide bonds. The van der Waals surface area contributed by atoms with Crippen LogP contribution in [-0.2, 0) is 14.8 Å². The van der Waals surface area contributed by atoms with Crippen LogP contribution < -0.4 is 5.32 Å². The van der Waals surface area contributed by atoms with Crippen molar-refractivity contribution < 1.29 is 13.2 Å². The van der Waals surface area contributed by atoms with Gasteiger partial charge in [0.05, 0.1) is 5.03 Å². The molecule has 0 radical (unpaired) electrons. The Morgan fingerprint density at radius 2 is 1.80 bits per heavy atom. The highest BCUT2D eigenvalue weighted by Crippen LogP contribution is 2.35. The van der Waals surface area contributed by atoms with Gasteiger partial charge < -0.3 is 10.2 Å². The summed E-state index contributed by atoms with van der Waals surface area (Å²) in [6.07, 6.45) is 3.45. The van der Waals surface area contributed by atoms with Crippen molar-refractivity contribution in [1.29, 1.82) is 0 Å². The molecule has 2 fully saturated rings. The average molecular weight is 447 g/mol. The van der Waals surface area contributed by atoms with Gasteiger partial charge in [-0.05, 0) is 37.6 Å². The monoisotopic (exact) mass is 446 g/mol. The smallest absolute Gasteiger partial charge is 0.244 e. The van der Waals surface area contributed by atoms with Crippen molar-refractivity contribution in [2.75, 3.05) is 33.2 Å². The molecule has 160 valence electrons. The van der Waals surface area contributed by atoms with E-state index in [0.29, 0.717) is 18.1 Å². The van der Waals surface area contributed by atoms with Crippen molar-refractivity contribution in [2.24, 2.45) is 0 Å². The summed E-state index contributed by atoms with van der Waals surface area (Å²) >= 11 is 1.34. The van der Waals surface area contributed by atoms with Gasteiger partial charge in [-0.3, -0.25) is 4.79 Å². The van der Waals surface area contributed by atoms with Gasteiger partial charge in [-0.15, -0.1) is 0 Å². The second-order valence-electron chi connectivity index (χ2n) is 7.73. The summed E-state index contributed by atoms with van der Waals surface area (Å²) in [7, 11) is -1.57. The van der Waals surface area contributed by atoms with Gasteiger partial charge in [0, 0.05) is 38.4 Å². The highest BCUT2D eigenvalue weighted by molar-refractivity contribution is 8.00. The number of piperazine rings is 1. The number of pyridine rings is 1. The van der Waals surface area contributed by atoms with Crippen LogP contribution >= 0.6 is 11.8 Å². The lowest BCUT2D eigenvalue weighted by Gasteiger charge is -2.31. The third kappa shape index (κ3) is 5.03. The topological polar surface area (TPSA) is 82.6 Å². The molecule has 9 heteroatoms. The van der Waals surface area contributed by atoms with Gasteiger partial charge in [0.1, 0.15) is 10.1 Å². The Morgan fingerprint density at radius 1 is 1.10 bits per heavy atom. The van der Waals surface area contributed by atoms with Crippen LogP contribution in [0.1, 0.15) is 23.7 Å². The van der Waals surface area contributed by atoms with Crippen LogP contribution in [-0.4, -0.2) is 67.8 Å². The number of sulfonamides is 1. The quantitative estimate of drug-likeness (QED) is 0.656. The number of nitrogens with zero attached hydrogens (tertiary/aromatic N) is 3. The van der Waals surface area contributed by atoms with Gasteiger partial charge in [0.15, 0.2) is 0 Å². The van der Waals surface area contributed by atoms with E-state index in [1.54, 1.807) is 12.1 Å². The van der Waals surface area contributed by atoms with Crippen molar-refractivity contribution in [3.8, 4) is 0 Å². The molecule has 0 spiro atoms. The van der Waals surface area contributed by atoms with Crippen molar-refractivity contribution in [1.82, 2.24) is 19.5 Å². The number of benzene rings is 1. The van der Waals surface area contributed by atoms with Crippen LogP contribution in [0, 0.1) is 0 Å². The first-order chi connectivity index (χ1) is 14.4. The molecule has 1 saturated heterocycles. The molecule has 1 aliphatic heterocycles. The van der Waals surface area contributed by atoms with Crippen molar-refractivity contribution in [2.45, 2.75) is 34.1 Å². The summed E-state index contributed by atoms with van der Waals surface area (Å²) in [5.41, 5.74) is 0.900. The van der Waals surface area contributed by atoms with Gasteiger partial charge in [-0.1, -0.05) is 42.1 Å². The van der Waals surface area contributed by atoms with Gasteiger partial charge >= 0.3 is 0 Å². The van der Waals surface area contributed by atoms with Crippen LogP contribution in [0.3, 0.4) is 0 Å². The Bertz CT molecular complexity index is 971. The first-order valence-electron chi connectivity index (χ1n) is 10.1. The Balaban J connectivity index is 1.50. The van der Waals surface area contributed by atoms with E-state index in [0.717, 1.165) is 31.5 Å². The zero-order valence-corrected chi connectivity index (χ0v) is 18.5. The molecular weight excluding hydrogens is 420 g/mol. The molecule has 30 heavy (non-hydrogen) atoms. The number of rotatable bonds is 7. The van der Waals surface area contributed by atoms with Crippen LogP contribution in [0.5, 0.6) is 0 Å². The average Bonchev–Trinajstić information content (AvgIpc) is 3.57. The molecule has 1 N–H and O–H groups in total. The molecule has 2 aliphatic rings. The zero-order chi connectivity index (χ0) is 21.1. The van der Waals surface area contributed by atoms with E-state index in [4.69, 9.17) is 0 Å². The summed E-state index contributed by atoms with van der Waals surface area (Å²) < 4.78 is 27.3. The number of carbonyl (C=O) groups is 1. The minimum atomic E-state index is -3.55. The molecule has 4 rings (SSSR count). The first-order valence-corrected chi connectivity index (χ1v) is 12.4. The molecule has 1 atom stereocenters. The second kappa shape index (κ2) is 9.05. The Labute approximate surface area is 181 Å². The normalized spacial score (nSPS) is 19.4. The van der Waals surface area contributed by atoms with E-state index >= 15 is 0 Å². The van der Waals surface area contributed by atoms with Gasteiger partial charge in [0.25, 0.3) is 0 Å². The standard InChI is InChI=1S/C21H26N4O3S2/c1-24-11-13-25(14-12-24)30(27,28)18-9-10-19(22-15-18)29-20(16-5-3-2-4-6-16)21(26)23-17-7-8-17/h2-6,9-10,15,17,20H,7-8,11-14H2,1H3,(H,23,26)/t20-/m1/s1. The Hall–Kier alpha value is -1.94. The predicted molar refractivity (Wildman–Crippen MR) is 117 cm³/mol. The summed E-state index contributed by atoms with van der Waals surface area (Å²) in [6.45, 7) is 2.39. The number of carbonyl (C=O) groups excluding carboxylic acids is 1. The van der Waals surface area contributed by atoms with E-state index < -0.39 is 15.3 Å². The highest BCUT2D eigenvalue weighted by Gasteiger charge is 2.30. The number of hydrogen-bond donors (Lipinski definition) is 1. The summed E-state index contributed by atoms with van der Waals surface area (Å²) in [5, 5.41) is 3.25. The predicted octanol–water partition coefficient (Wildman–Crippen LogP) is 2.13. The number of aromatic nitrogens is 1. The molecule has 7 nitrogen and oxygen atoms in total. The largest absolute Gasteiger partial charge is 0.352 e. The highest BCUT2D eigenvalue weighted by atomic mass is 32.2. The first kappa shape index (κ1) is 21.3. The van der Waals surface area contributed by atoms with E-state index in [-0.39, 0.29) is 16.8 Å². The van der Waals surface area contributed by atoms with Crippen molar-refractivity contribution in [3.05, 3.63) is 54.2 Å². The molecule has 1 aromatic heterocycles. The Morgan fingerprint density at radius 3 is 2.40 bits per heavy atom. The molecule has 0 bridgehead atoms. The third-order valence-electron chi connectivity index (χ3n) is 5.31. The number of nitrogens with one attached hydrogen (secondary N) is 1. The minimum Gasteiger partial charge on any atom is -0.352 e. The lowest BCUT2D eigenvalue weighted by atomic mass is 10.1. The minimum absolute atomic E-state index is 0.0374. The van der Waals surface area contributed by atoms with Crippen molar-refractivity contribution >= 4 is 27.7 Å². The fraction of sp³-hybridized carbons (Fsp3) is 0.429. The maximum absolute atomic E-state index is 12.9. The molecule has 2 heterocycles. The maximum atomic E-state index is 12.9. The fourth-order valence-corrected chi connectivity index (χ4v) is 5.63. The SMILES string of the molecule is CN1CCN(S(=O)(=O)c2ccc(S[C@@H](C(=O)NC3CC3)c3ccccc3)nc2)CC1. The van der Waals surface area contributed by atoms with Gasteiger partial charge in [-0.25, -0.2) is 13.4 Å². The van der Waals surface area contributed by atoms with Crippen LogP contribution in [0.2, 0.25) is 0 Å². The van der Waals surface area contributed by atoms with Crippen LogP contribution in [0.4, 0.5) is 0 Å². The van der Waals surface area contributed by atoms with E-state index in [1.165, 1.54) is 22.3 Å². The van der Waals surface area contributed by atoms with E-state index in [9.17, 15) is 13.2 Å². The zero-order valence-electron chi connectivity index (χ0n) is 16.9. The molecule has 1 aliphatic carbocycles. The van der Waals surface area contributed by atoms with Gasteiger partial charge in [0.2, 0.25) is 15.9 Å². The van der Waals surface area contributed by atoms with Gasteiger partial charge in [-0.2, -0.15) is 4.31 Å². The van der Waals surface area contributed by atoms with E-state index in [1.807, 2.05) is 37.4 Å². The van der Waals surface area contributed by atoms with Crippen molar-refractivity contribution in [3.63, 3.8) is 0 Å². The lowest BCUT2D eigenvalue weighted by molar-refractivity contribution is -0.120. The molecule has 0 unspecified atom stereocenters. The number of thioether (sulfide) groups is 1. The molecule has 1 aromatic carbocycles. The molecule has 1 saturated carbocycles.